The van der Waals surface area contributed by atoms with Gasteiger partial charge in [-0.15, -0.1) is 0 Å². The topological polar surface area (TPSA) is 24.8 Å². The Morgan fingerprint density at radius 3 is 2.38 bits per heavy atom. The molecule has 2 aliphatic rings. The van der Waals surface area contributed by atoms with Gasteiger partial charge in [0.05, 0.1) is 16.8 Å². The van der Waals surface area contributed by atoms with Crippen LogP contribution in [0.4, 0.5) is 4.39 Å². The molecule has 0 bridgehead atoms. The molecule has 0 amide bonds. The van der Waals surface area contributed by atoms with Crippen molar-refractivity contribution in [3.8, 4) is 5.75 Å². The lowest BCUT2D eigenvalue weighted by atomic mass is 9.96. The molecule has 3 aromatic rings. The molecule has 0 saturated heterocycles. The number of benzene rings is 3. The van der Waals surface area contributed by atoms with Gasteiger partial charge < -0.3 is 4.74 Å². The minimum absolute atomic E-state index is 0.101. The first-order valence-electron chi connectivity index (χ1n) is 9.02. The van der Waals surface area contributed by atoms with Crippen molar-refractivity contribution in [1.82, 2.24) is 5.01 Å². The van der Waals surface area contributed by atoms with Crippen LogP contribution in [-0.4, -0.2) is 10.7 Å². The maximum absolute atomic E-state index is 13.4. The Kier molecular flexibility index (Phi) is 4.66. The average molecular weight is 448 g/mol. The van der Waals surface area contributed by atoms with E-state index < -0.39 is 6.23 Å². The largest absolute Gasteiger partial charge is 0.463 e. The quantitative estimate of drug-likeness (QED) is 0.421. The third-order valence-corrected chi connectivity index (χ3v) is 5.89. The number of halogens is 4. The Balaban J connectivity index is 1.62. The van der Waals surface area contributed by atoms with Crippen molar-refractivity contribution in [2.45, 2.75) is 18.7 Å². The van der Waals surface area contributed by atoms with Crippen molar-refractivity contribution in [2.75, 3.05) is 0 Å². The van der Waals surface area contributed by atoms with Crippen LogP contribution in [-0.2, 0) is 0 Å². The zero-order valence-corrected chi connectivity index (χ0v) is 17.2. The fourth-order valence-corrected chi connectivity index (χ4v) is 4.46. The van der Waals surface area contributed by atoms with Gasteiger partial charge in [-0.25, -0.2) is 9.40 Å². The van der Waals surface area contributed by atoms with Gasteiger partial charge in [0.15, 0.2) is 0 Å². The first-order valence-corrected chi connectivity index (χ1v) is 10.2. The molecular weight excluding hydrogens is 434 g/mol. The van der Waals surface area contributed by atoms with E-state index in [0.29, 0.717) is 27.2 Å². The highest BCUT2D eigenvalue weighted by Crippen LogP contribution is 2.50. The van der Waals surface area contributed by atoms with Crippen molar-refractivity contribution >= 4 is 40.5 Å². The van der Waals surface area contributed by atoms with Gasteiger partial charge in [-0.2, -0.15) is 5.10 Å². The molecule has 0 aliphatic carbocycles. The highest BCUT2D eigenvalue weighted by atomic mass is 35.5. The zero-order valence-electron chi connectivity index (χ0n) is 14.9. The molecule has 0 spiro atoms. The van der Waals surface area contributed by atoms with Crippen molar-refractivity contribution in [3.05, 3.63) is 98.2 Å². The maximum Gasteiger partial charge on any atom is 0.213 e. The Morgan fingerprint density at radius 1 is 0.931 bits per heavy atom. The number of hydrogen-bond acceptors (Lipinski definition) is 3. The highest BCUT2D eigenvalue weighted by Gasteiger charge is 2.42. The van der Waals surface area contributed by atoms with Crippen molar-refractivity contribution in [1.29, 1.82) is 0 Å². The number of ether oxygens (including phenoxy) is 1. The predicted molar refractivity (Wildman–Crippen MR) is 113 cm³/mol. The van der Waals surface area contributed by atoms with E-state index in [1.165, 1.54) is 12.1 Å². The van der Waals surface area contributed by atoms with E-state index in [4.69, 9.17) is 44.6 Å². The van der Waals surface area contributed by atoms with Crippen LogP contribution in [0.2, 0.25) is 15.1 Å². The molecule has 0 aromatic heterocycles. The van der Waals surface area contributed by atoms with Crippen molar-refractivity contribution < 1.29 is 9.13 Å². The summed E-state index contributed by atoms with van der Waals surface area (Å²) in [4.78, 5) is 0. The molecule has 0 unspecified atom stereocenters. The monoisotopic (exact) mass is 446 g/mol. The standard InChI is InChI=1S/C22H14Cl3FN2O/c23-14-5-1-13(2-6-14)22-28-20(17-9-15(24)10-18(25)21(17)29-22)11-19(27-28)12-3-7-16(26)8-4-12/h1-10,20,22H,11H2/t20-,22-/m0/s1. The Labute approximate surface area is 182 Å². The summed E-state index contributed by atoms with van der Waals surface area (Å²) >= 11 is 18.8. The van der Waals surface area contributed by atoms with Crippen LogP contribution in [0.25, 0.3) is 0 Å². The van der Waals surface area contributed by atoms with Crippen LogP contribution in [0.15, 0.2) is 65.8 Å². The van der Waals surface area contributed by atoms with Crippen LogP contribution in [0.3, 0.4) is 0 Å². The molecule has 0 N–H and O–H groups in total. The van der Waals surface area contributed by atoms with Crippen LogP contribution in [0.5, 0.6) is 5.75 Å². The summed E-state index contributed by atoms with van der Waals surface area (Å²) in [5, 5.41) is 8.39. The number of hydrogen-bond donors (Lipinski definition) is 0. The molecule has 7 heteroatoms. The van der Waals surface area contributed by atoms with Crippen molar-refractivity contribution in [2.24, 2.45) is 5.10 Å². The molecule has 0 saturated carbocycles. The number of nitrogens with zero attached hydrogens (tertiary/aromatic N) is 2. The molecule has 0 fully saturated rings. The SMILES string of the molecule is Fc1ccc(C2=NN3[C@@H](C2)c2cc(Cl)cc(Cl)c2O[C@H]3c2ccc(Cl)cc2)cc1. The van der Waals surface area contributed by atoms with Crippen LogP contribution in [0.1, 0.15) is 35.4 Å². The summed E-state index contributed by atoms with van der Waals surface area (Å²) in [5.74, 6) is 0.323. The molecule has 3 aromatic carbocycles. The molecule has 2 atom stereocenters. The summed E-state index contributed by atoms with van der Waals surface area (Å²) in [6.07, 6.45) is 0.157. The van der Waals surface area contributed by atoms with Crippen LogP contribution in [0, 0.1) is 5.82 Å². The Hall–Kier alpha value is -2.27. The van der Waals surface area contributed by atoms with Gasteiger partial charge in [-0.05, 0) is 42.0 Å². The molecule has 2 aliphatic heterocycles. The van der Waals surface area contributed by atoms with E-state index in [-0.39, 0.29) is 11.9 Å². The van der Waals surface area contributed by atoms with E-state index in [1.54, 1.807) is 18.2 Å². The third-order valence-electron chi connectivity index (χ3n) is 5.14. The molecule has 2 heterocycles. The van der Waals surface area contributed by atoms with Crippen LogP contribution >= 0.6 is 34.8 Å². The second-order valence-electron chi connectivity index (χ2n) is 6.98. The fraction of sp³-hybridized carbons (Fsp3) is 0.136. The van der Waals surface area contributed by atoms with Crippen LogP contribution < -0.4 is 4.74 Å². The van der Waals surface area contributed by atoms with E-state index in [0.717, 1.165) is 22.4 Å². The van der Waals surface area contributed by atoms with Gasteiger partial charge in [0.2, 0.25) is 6.23 Å². The normalized spacial score (nSPS) is 20.0. The second kappa shape index (κ2) is 7.21. The molecule has 29 heavy (non-hydrogen) atoms. The van der Waals surface area contributed by atoms with E-state index in [9.17, 15) is 4.39 Å². The lowest BCUT2D eigenvalue weighted by Gasteiger charge is -2.38. The van der Waals surface area contributed by atoms with E-state index >= 15 is 0 Å². The zero-order chi connectivity index (χ0) is 20.1. The van der Waals surface area contributed by atoms with Gasteiger partial charge in [-0.1, -0.05) is 59.1 Å². The Bertz CT molecular complexity index is 1120. The summed E-state index contributed by atoms with van der Waals surface area (Å²) in [6.45, 7) is 0. The molecule has 146 valence electrons. The summed E-state index contributed by atoms with van der Waals surface area (Å²) in [7, 11) is 0. The van der Waals surface area contributed by atoms with Gasteiger partial charge in [0.25, 0.3) is 0 Å². The van der Waals surface area contributed by atoms with Gasteiger partial charge >= 0.3 is 0 Å². The predicted octanol–water partition coefficient (Wildman–Crippen LogP) is 7.03. The number of fused-ring (bicyclic) bond motifs is 3. The van der Waals surface area contributed by atoms with E-state index in [1.807, 2.05) is 35.3 Å². The maximum atomic E-state index is 13.4. The van der Waals surface area contributed by atoms with Crippen molar-refractivity contribution in [3.63, 3.8) is 0 Å². The third kappa shape index (κ3) is 3.35. The average Bonchev–Trinajstić information content (AvgIpc) is 3.14. The minimum atomic E-state index is -0.471. The number of rotatable bonds is 2. The summed E-state index contributed by atoms with van der Waals surface area (Å²) in [5.41, 5.74) is 3.50. The lowest BCUT2D eigenvalue weighted by molar-refractivity contribution is -0.0189. The second-order valence-corrected chi connectivity index (χ2v) is 8.26. The first-order chi connectivity index (χ1) is 14.0. The molecule has 3 nitrogen and oxygen atoms in total. The molecule has 0 radical (unpaired) electrons. The fourth-order valence-electron chi connectivity index (χ4n) is 3.78. The first kappa shape index (κ1) is 18.7. The minimum Gasteiger partial charge on any atom is -0.463 e. The van der Waals surface area contributed by atoms with Gasteiger partial charge in [0.1, 0.15) is 11.6 Å². The summed E-state index contributed by atoms with van der Waals surface area (Å²) in [6, 6.07) is 17.2. The van der Waals surface area contributed by atoms with Gasteiger partial charge in [-0.3, -0.25) is 0 Å². The molecular formula is C22H14Cl3FN2O. The lowest BCUT2D eigenvalue weighted by Crippen LogP contribution is -2.33. The smallest absolute Gasteiger partial charge is 0.213 e. The van der Waals surface area contributed by atoms with E-state index in [2.05, 4.69) is 0 Å². The summed E-state index contributed by atoms with van der Waals surface area (Å²) < 4.78 is 19.6. The molecule has 5 rings (SSSR count). The Morgan fingerprint density at radius 2 is 1.66 bits per heavy atom. The number of hydrazone groups is 1. The van der Waals surface area contributed by atoms with Gasteiger partial charge in [0, 0.05) is 27.6 Å². The highest BCUT2D eigenvalue weighted by molar-refractivity contribution is 6.35.